The van der Waals surface area contributed by atoms with E-state index in [-0.39, 0.29) is 5.38 Å². The van der Waals surface area contributed by atoms with E-state index in [2.05, 4.69) is 31.1 Å². The lowest BCUT2D eigenvalue weighted by molar-refractivity contribution is 0.390. The highest BCUT2D eigenvalue weighted by atomic mass is 35.5. The van der Waals surface area contributed by atoms with Gasteiger partial charge in [0, 0.05) is 0 Å². The van der Waals surface area contributed by atoms with Gasteiger partial charge in [0.2, 0.25) is 0 Å². The first-order valence-electron chi connectivity index (χ1n) is 6.56. The van der Waals surface area contributed by atoms with Crippen molar-refractivity contribution in [3.8, 4) is 5.75 Å². The molecule has 102 valence electrons. The second-order valence-corrected chi connectivity index (χ2v) is 5.42. The molecule has 0 aliphatic rings. The van der Waals surface area contributed by atoms with Gasteiger partial charge in [-0.15, -0.1) is 11.6 Å². The Morgan fingerprint density at radius 3 is 2.33 bits per heavy atom. The second-order valence-electron chi connectivity index (χ2n) is 4.89. The first kappa shape index (κ1) is 15.3. The minimum absolute atomic E-state index is 0.121. The standard InChI is InChI=1S/C15H24ClNO/c1-17(2)12-6-4-5-7-15(16)13-8-10-14(18-3)11-9-13/h8-11,15H,4-7,12H2,1-3H3. The van der Waals surface area contributed by atoms with Gasteiger partial charge >= 0.3 is 0 Å². The van der Waals surface area contributed by atoms with Crippen LogP contribution in [0.1, 0.15) is 36.6 Å². The molecule has 1 aromatic rings. The molecule has 1 atom stereocenters. The van der Waals surface area contributed by atoms with Gasteiger partial charge in [-0.25, -0.2) is 0 Å². The van der Waals surface area contributed by atoms with Crippen LogP contribution in [0.25, 0.3) is 0 Å². The van der Waals surface area contributed by atoms with Crippen molar-refractivity contribution in [2.45, 2.75) is 31.1 Å². The summed E-state index contributed by atoms with van der Waals surface area (Å²) in [5.41, 5.74) is 1.19. The van der Waals surface area contributed by atoms with Gasteiger partial charge in [0.15, 0.2) is 0 Å². The van der Waals surface area contributed by atoms with Crippen molar-refractivity contribution in [1.82, 2.24) is 4.90 Å². The first-order valence-corrected chi connectivity index (χ1v) is 7.00. The number of ether oxygens (including phenoxy) is 1. The predicted octanol–water partition coefficient (Wildman–Crippen LogP) is 4.10. The minimum Gasteiger partial charge on any atom is -0.497 e. The van der Waals surface area contributed by atoms with E-state index in [0.29, 0.717) is 0 Å². The van der Waals surface area contributed by atoms with Gasteiger partial charge in [-0.1, -0.05) is 25.0 Å². The van der Waals surface area contributed by atoms with Crippen LogP contribution in [0, 0.1) is 0 Å². The summed E-state index contributed by atoms with van der Waals surface area (Å²) in [6.07, 6.45) is 4.73. The van der Waals surface area contributed by atoms with E-state index < -0.39 is 0 Å². The Balaban J connectivity index is 2.25. The highest BCUT2D eigenvalue weighted by Gasteiger charge is 2.07. The quantitative estimate of drug-likeness (QED) is 0.520. The molecule has 1 aromatic carbocycles. The third-order valence-corrected chi connectivity index (χ3v) is 3.51. The summed E-state index contributed by atoms with van der Waals surface area (Å²) in [7, 11) is 5.90. The third-order valence-electron chi connectivity index (χ3n) is 3.04. The van der Waals surface area contributed by atoms with Gasteiger partial charge in [0.25, 0.3) is 0 Å². The van der Waals surface area contributed by atoms with E-state index in [0.717, 1.165) is 18.7 Å². The molecule has 0 bridgehead atoms. The van der Waals surface area contributed by atoms with Gasteiger partial charge < -0.3 is 9.64 Å². The Bertz CT molecular complexity index is 324. The largest absolute Gasteiger partial charge is 0.497 e. The molecular formula is C15H24ClNO. The number of hydrogen-bond acceptors (Lipinski definition) is 2. The van der Waals surface area contributed by atoms with Gasteiger partial charge in [-0.2, -0.15) is 0 Å². The first-order chi connectivity index (χ1) is 8.63. The van der Waals surface area contributed by atoms with Crippen LogP contribution < -0.4 is 4.74 Å². The Labute approximate surface area is 116 Å². The molecule has 0 saturated heterocycles. The molecule has 0 aliphatic heterocycles. The molecule has 2 nitrogen and oxygen atoms in total. The van der Waals surface area contributed by atoms with Crippen LogP contribution in [-0.4, -0.2) is 32.6 Å². The molecule has 0 spiro atoms. The maximum Gasteiger partial charge on any atom is 0.118 e. The molecule has 18 heavy (non-hydrogen) atoms. The maximum absolute atomic E-state index is 6.39. The van der Waals surface area contributed by atoms with Crippen molar-refractivity contribution in [3.05, 3.63) is 29.8 Å². The molecule has 1 unspecified atom stereocenters. The molecule has 0 aliphatic carbocycles. The highest BCUT2D eigenvalue weighted by Crippen LogP contribution is 2.27. The molecule has 0 amide bonds. The third kappa shape index (κ3) is 5.74. The number of methoxy groups -OCH3 is 1. The topological polar surface area (TPSA) is 12.5 Å². The Hall–Kier alpha value is -0.730. The number of benzene rings is 1. The molecule has 1 rings (SSSR count). The number of alkyl halides is 1. The Morgan fingerprint density at radius 2 is 1.78 bits per heavy atom. The molecule has 0 radical (unpaired) electrons. The fraction of sp³-hybridized carbons (Fsp3) is 0.600. The zero-order valence-electron chi connectivity index (χ0n) is 11.7. The Kier molecular flexibility index (Phi) is 7.14. The number of halogens is 1. The van der Waals surface area contributed by atoms with E-state index in [1.165, 1.54) is 24.8 Å². The van der Waals surface area contributed by atoms with Gasteiger partial charge in [-0.3, -0.25) is 0 Å². The van der Waals surface area contributed by atoms with Gasteiger partial charge in [-0.05, 0) is 51.2 Å². The monoisotopic (exact) mass is 269 g/mol. The number of unbranched alkanes of at least 4 members (excludes halogenated alkanes) is 2. The highest BCUT2D eigenvalue weighted by molar-refractivity contribution is 6.20. The van der Waals surface area contributed by atoms with Crippen molar-refractivity contribution in [1.29, 1.82) is 0 Å². The van der Waals surface area contributed by atoms with Crippen LogP contribution in [0.5, 0.6) is 5.75 Å². The van der Waals surface area contributed by atoms with Crippen molar-refractivity contribution in [2.75, 3.05) is 27.7 Å². The molecule has 3 heteroatoms. The second kappa shape index (κ2) is 8.39. The molecule has 0 fully saturated rings. The van der Waals surface area contributed by atoms with Crippen molar-refractivity contribution >= 4 is 11.6 Å². The van der Waals surface area contributed by atoms with E-state index in [1.54, 1.807) is 7.11 Å². The minimum atomic E-state index is 0.121. The summed E-state index contributed by atoms with van der Waals surface area (Å²) in [5, 5.41) is 0.121. The van der Waals surface area contributed by atoms with Crippen LogP contribution in [-0.2, 0) is 0 Å². The summed E-state index contributed by atoms with van der Waals surface area (Å²) in [6.45, 7) is 1.16. The van der Waals surface area contributed by atoms with Crippen LogP contribution >= 0.6 is 11.6 Å². The summed E-state index contributed by atoms with van der Waals surface area (Å²) in [4.78, 5) is 2.22. The lowest BCUT2D eigenvalue weighted by Gasteiger charge is -2.12. The maximum atomic E-state index is 6.39. The zero-order valence-corrected chi connectivity index (χ0v) is 12.4. The van der Waals surface area contributed by atoms with Gasteiger partial charge in [0.1, 0.15) is 5.75 Å². The normalized spacial score (nSPS) is 12.7. The molecule has 0 heterocycles. The smallest absolute Gasteiger partial charge is 0.118 e. The van der Waals surface area contributed by atoms with Crippen molar-refractivity contribution < 1.29 is 4.74 Å². The fourth-order valence-corrected chi connectivity index (χ4v) is 2.21. The van der Waals surface area contributed by atoms with Gasteiger partial charge in [0.05, 0.1) is 12.5 Å². The summed E-state index contributed by atoms with van der Waals surface area (Å²) < 4.78 is 5.14. The average molecular weight is 270 g/mol. The van der Waals surface area contributed by atoms with Crippen LogP contribution in [0.4, 0.5) is 0 Å². The summed E-state index contributed by atoms with van der Waals surface area (Å²) in [6, 6.07) is 8.04. The number of nitrogens with zero attached hydrogens (tertiary/aromatic N) is 1. The lowest BCUT2D eigenvalue weighted by atomic mass is 10.1. The number of hydrogen-bond donors (Lipinski definition) is 0. The van der Waals surface area contributed by atoms with Crippen LogP contribution in [0.15, 0.2) is 24.3 Å². The SMILES string of the molecule is COc1ccc(C(Cl)CCCCCN(C)C)cc1. The molecule has 0 saturated carbocycles. The molecular weight excluding hydrogens is 246 g/mol. The van der Waals surface area contributed by atoms with E-state index in [9.17, 15) is 0 Å². The summed E-state index contributed by atoms with van der Waals surface area (Å²) >= 11 is 6.39. The fourth-order valence-electron chi connectivity index (χ4n) is 1.91. The zero-order chi connectivity index (χ0) is 13.4. The van der Waals surface area contributed by atoms with Crippen LogP contribution in [0.3, 0.4) is 0 Å². The predicted molar refractivity (Wildman–Crippen MR) is 78.6 cm³/mol. The number of rotatable bonds is 8. The van der Waals surface area contributed by atoms with E-state index in [1.807, 2.05) is 12.1 Å². The Morgan fingerprint density at radius 1 is 1.11 bits per heavy atom. The van der Waals surface area contributed by atoms with Crippen molar-refractivity contribution in [3.63, 3.8) is 0 Å². The average Bonchev–Trinajstić information content (AvgIpc) is 2.38. The van der Waals surface area contributed by atoms with E-state index in [4.69, 9.17) is 16.3 Å². The lowest BCUT2D eigenvalue weighted by Crippen LogP contribution is -2.12. The molecule has 0 aromatic heterocycles. The van der Waals surface area contributed by atoms with Crippen LogP contribution in [0.2, 0.25) is 0 Å². The van der Waals surface area contributed by atoms with E-state index >= 15 is 0 Å². The summed E-state index contributed by atoms with van der Waals surface area (Å²) in [5.74, 6) is 0.883. The van der Waals surface area contributed by atoms with Crippen molar-refractivity contribution in [2.24, 2.45) is 0 Å². The molecule has 0 N–H and O–H groups in total.